The Balaban J connectivity index is 1.66. The normalized spacial score (nSPS) is 16.3. The summed E-state index contributed by atoms with van der Waals surface area (Å²) >= 11 is 0. The highest BCUT2D eigenvalue weighted by molar-refractivity contribution is 5.81. The van der Waals surface area contributed by atoms with E-state index in [1.54, 1.807) is 4.68 Å². The quantitative estimate of drug-likeness (QED) is 0.611. The fourth-order valence-electron chi connectivity index (χ4n) is 3.29. The number of benzene rings is 1. The molecule has 0 spiro atoms. The maximum Gasteiger partial charge on any atom is 0.263 e. The highest BCUT2D eigenvalue weighted by Crippen LogP contribution is 2.30. The standard InChI is InChI=1S/C18H20N6O3/c19-16(26)18(6-8-27-9-7-18)11-20-17-22-14-13(15(25)23-17)10-21-24(14)12-4-2-1-3-5-12/h1-5,10H,6-9,11H2,(H2,19,26)(H2,20,22,23,25). The van der Waals surface area contributed by atoms with Crippen molar-refractivity contribution in [1.29, 1.82) is 0 Å². The van der Waals surface area contributed by atoms with Gasteiger partial charge in [0.15, 0.2) is 5.65 Å². The van der Waals surface area contributed by atoms with Crippen LogP contribution in [0.15, 0.2) is 41.3 Å². The first-order valence-electron chi connectivity index (χ1n) is 8.74. The second-order valence-electron chi connectivity index (χ2n) is 6.65. The average Bonchev–Trinajstić information content (AvgIpc) is 3.12. The maximum absolute atomic E-state index is 12.4. The van der Waals surface area contributed by atoms with E-state index in [2.05, 4.69) is 20.4 Å². The second-order valence-corrected chi connectivity index (χ2v) is 6.65. The molecule has 1 amide bonds. The van der Waals surface area contributed by atoms with E-state index >= 15 is 0 Å². The van der Waals surface area contributed by atoms with Crippen LogP contribution in [0.25, 0.3) is 16.7 Å². The summed E-state index contributed by atoms with van der Waals surface area (Å²) in [7, 11) is 0. The zero-order valence-corrected chi connectivity index (χ0v) is 14.6. The van der Waals surface area contributed by atoms with E-state index in [9.17, 15) is 9.59 Å². The molecule has 1 fully saturated rings. The third-order valence-corrected chi connectivity index (χ3v) is 5.01. The summed E-state index contributed by atoms with van der Waals surface area (Å²) in [5, 5.41) is 7.74. The van der Waals surface area contributed by atoms with Gasteiger partial charge in [-0.15, -0.1) is 0 Å². The number of nitrogens with two attached hydrogens (primary N) is 1. The number of primary amides is 1. The molecule has 0 saturated carbocycles. The van der Waals surface area contributed by atoms with Crippen molar-refractivity contribution in [3.8, 4) is 5.69 Å². The molecule has 0 radical (unpaired) electrons. The van der Waals surface area contributed by atoms with E-state index in [0.717, 1.165) is 5.69 Å². The average molecular weight is 368 g/mol. The van der Waals surface area contributed by atoms with E-state index in [4.69, 9.17) is 10.5 Å². The fourth-order valence-corrected chi connectivity index (χ4v) is 3.29. The predicted molar refractivity (Wildman–Crippen MR) is 99.7 cm³/mol. The number of nitrogens with zero attached hydrogens (tertiary/aromatic N) is 3. The summed E-state index contributed by atoms with van der Waals surface area (Å²) in [6, 6.07) is 9.44. The van der Waals surface area contributed by atoms with Gasteiger partial charge >= 0.3 is 0 Å². The number of rotatable bonds is 5. The zero-order valence-electron chi connectivity index (χ0n) is 14.6. The molecule has 4 rings (SSSR count). The van der Waals surface area contributed by atoms with Crippen LogP contribution in [0.1, 0.15) is 12.8 Å². The number of anilines is 1. The smallest absolute Gasteiger partial charge is 0.263 e. The van der Waals surface area contributed by atoms with Crippen molar-refractivity contribution in [2.45, 2.75) is 12.8 Å². The number of ether oxygens (including phenoxy) is 1. The van der Waals surface area contributed by atoms with Crippen LogP contribution in [0.5, 0.6) is 0 Å². The first-order valence-corrected chi connectivity index (χ1v) is 8.74. The van der Waals surface area contributed by atoms with E-state index in [-0.39, 0.29) is 24.0 Å². The predicted octanol–water partition coefficient (Wildman–Crippen LogP) is 0.803. The van der Waals surface area contributed by atoms with E-state index in [1.165, 1.54) is 6.20 Å². The molecule has 0 atom stereocenters. The lowest BCUT2D eigenvalue weighted by Gasteiger charge is -2.34. The highest BCUT2D eigenvalue weighted by Gasteiger charge is 2.38. The summed E-state index contributed by atoms with van der Waals surface area (Å²) in [4.78, 5) is 31.6. The highest BCUT2D eigenvalue weighted by atomic mass is 16.5. The molecule has 9 nitrogen and oxygen atoms in total. The molecular weight excluding hydrogens is 348 g/mol. The van der Waals surface area contributed by atoms with Gasteiger partial charge in [-0.3, -0.25) is 14.6 Å². The Morgan fingerprint density at radius 2 is 2.04 bits per heavy atom. The van der Waals surface area contributed by atoms with Gasteiger partial charge in [-0.2, -0.15) is 10.1 Å². The van der Waals surface area contributed by atoms with Crippen molar-refractivity contribution in [1.82, 2.24) is 19.7 Å². The van der Waals surface area contributed by atoms with Gasteiger partial charge in [0.25, 0.3) is 5.56 Å². The van der Waals surface area contributed by atoms with Gasteiger partial charge in [0, 0.05) is 19.8 Å². The Kier molecular flexibility index (Phi) is 4.36. The van der Waals surface area contributed by atoms with Gasteiger partial charge in [0.2, 0.25) is 11.9 Å². The lowest BCUT2D eigenvalue weighted by molar-refractivity contribution is -0.132. The molecule has 0 bridgehead atoms. The molecule has 0 aliphatic carbocycles. The van der Waals surface area contributed by atoms with Crippen LogP contribution < -0.4 is 16.6 Å². The van der Waals surface area contributed by atoms with Crippen LogP contribution in [-0.4, -0.2) is 45.4 Å². The van der Waals surface area contributed by atoms with Crippen molar-refractivity contribution < 1.29 is 9.53 Å². The largest absolute Gasteiger partial charge is 0.381 e. The van der Waals surface area contributed by atoms with Gasteiger partial charge in [0.1, 0.15) is 5.39 Å². The number of amides is 1. The molecule has 3 heterocycles. The molecule has 1 saturated heterocycles. The van der Waals surface area contributed by atoms with Gasteiger partial charge in [0.05, 0.1) is 17.3 Å². The van der Waals surface area contributed by atoms with Crippen molar-refractivity contribution >= 4 is 22.9 Å². The molecule has 140 valence electrons. The number of para-hydroxylation sites is 1. The lowest BCUT2D eigenvalue weighted by atomic mass is 9.79. The molecular formula is C18H20N6O3. The Hall–Kier alpha value is -3.20. The monoisotopic (exact) mass is 368 g/mol. The number of aromatic amines is 1. The van der Waals surface area contributed by atoms with Crippen molar-refractivity contribution in [2.24, 2.45) is 11.1 Å². The third kappa shape index (κ3) is 3.17. The third-order valence-electron chi connectivity index (χ3n) is 5.01. The minimum absolute atomic E-state index is 0.275. The molecule has 1 aliphatic rings. The maximum atomic E-state index is 12.4. The summed E-state index contributed by atoms with van der Waals surface area (Å²) in [5.41, 5.74) is 5.85. The number of fused-ring (bicyclic) bond motifs is 1. The van der Waals surface area contributed by atoms with Crippen LogP contribution in [-0.2, 0) is 9.53 Å². The lowest BCUT2D eigenvalue weighted by Crippen LogP contribution is -2.46. The molecule has 1 aliphatic heterocycles. The van der Waals surface area contributed by atoms with E-state index in [1.807, 2.05) is 30.3 Å². The number of hydrogen-bond donors (Lipinski definition) is 3. The van der Waals surface area contributed by atoms with Crippen molar-refractivity contribution in [3.05, 3.63) is 46.9 Å². The topological polar surface area (TPSA) is 128 Å². The molecule has 27 heavy (non-hydrogen) atoms. The van der Waals surface area contributed by atoms with Crippen LogP contribution in [0.4, 0.5) is 5.95 Å². The summed E-state index contributed by atoms with van der Waals surface area (Å²) in [6.45, 7) is 1.24. The van der Waals surface area contributed by atoms with Crippen LogP contribution in [0.3, 0.4) is 0 Å². The number of hydrogen-bond acceptors (Lipinski definition) is 6. The Morgan fingerprint density at radius 1 is 1.30 bits per heavy atom. The summed E-state index contributed by atoms with van der Waals surface area (Å²) < 4.78 is 6.94. The Labute approximate surface area is 154 Å². The van der Waals surface area contributed by atoms with Crippen LogP contribution in [0, 0.1) is 5.41 Å². The van der Waals surface area contributed by atoms with Crippen LogP contribution in [0.2, 0.25) is 0 Å². The number of carbonyl (C=O) groups excluding carboxylic acids is 1. The Bertz CT molecular complexity index is 1020. The number of nitrogens with one attached hydrogen (secondary N) is 2. The molecule has 4 N–H and O–H groups in total. The molecule has 0 unspecified atom stereocenters. The Morgan fingerprint density at radius 3 is 2.74 bits per heavy atom. The van der Waals surface area contributed by atoms with Crippen LogP contribution >= 0.6 is 0 Å². The van der Waals surface area contributed by atoms with Gasteiger partial charge in [-0.1, -0.05) is 18.2 Å². The molecule has 2 aromatic heterocycles. The SMILES string of the molecule is NC(=O)C1(CNc2nc3c(cnn3-c3ccccc3)c(=O)[nH]2)CCOCC1. The van der Waals surface area contributed by atoms with Gasteiger partial charge < -0.3 is 15.8 Å². The summed E-state index contributed by atoms with van der Waals surface area (Å²) in [6.07, 6.45) is 2.55. The number of H-pyrrole nitrogens is 1. The number of carbonyl (C=O) groups is 1. The second kappa shape index (κ2) is 6.84. The minimum Gasteiger partial charge on any atom is -0.381 e. The van der Waals surface area contributed by atoms with Crippen molar-refractivity contribution in [3.63, 3.8) is 0 Å². The number of aromatic nitrogens is 4. The van der Waals surface area contributed by atoms with Gasteiger partial charge in [-0.05, 0) is 25.0 Å². The van der Waals surface area contributed by atoms with E-state index in [0.29, 0.717) is 37.1 Å². The van der Waals surface area contributed by atoms with E-state index < -0.39 is 5.41 Å². The van der Waals surface area contributed by atoms with Gasteiger partial charge in [-0.25, -0.2) is 4.68 Å². The molecule has 9 heteroatoms. The van der Waals surface area contributed by atoms with Crippen molar-refractivity contribution in [2.75, 3.05) is 25.1 Å². The summed E-state index contributed by atoms with van der Waals surface area (Å²) in [5.74, 6) is -0.103. The first-order chi connectivity index (χ1) is 13.1. The fraction of sp³-hybridized carbons (Fsp3) is 0.333. The molecule has 3 aromatic rings. The molecule has 1 aromatic carbocycles. The minimum atomic E-state index is -0.717. The first kappa shape index (κ1) is 17.2. The zero-order chi connectivity index (χ0) is 18.9.